The zero-order valence-corrected chi connectivity index (χ0v) is 16.1. The highest BCUT2D eigenvalue weighted by Crippen LogP contribution is 2.67. The van der Waals surface area contributed by atoms with Gasteiger partial charge in [0.1, 0.15) is 0 Å². The van der Waals surface area contributed by atoms with E-state index in [2.05, 4.69) is 33.8 Å². The molecule has 136 valence electrons. The number of hydrogen-bond donors (Lipinski definition) is 1. The molecule has 0 radical (unpaired) electrons. The van der Waals surface area contributed by atoms with Crippen molar-refractivity contribution < 1.29 is 9.84 Å². The summed E-state index contributed by atoms with van der Waals surface area (Å²) in [7, 11) is 0. The van der Waals surface area contributed by atoms with Gasteiger partial charge in [-0.05, 0) is 93.8 Å². The molecule has 4 aliphatic rings. The van der Waals surface area contributed by atoms with E-state index >= 15 is 0 Å². The van der Waals surface area contributed by atoms with Gasteiger partial charge < -0.3 is 9.84 Å². The fourth-order valence-electron chi connectivity index (χ4n) is 7.25. The standard InChI is InChI=1S/C22H36O2/c1-5-24-16-8-11-20(2)15(14-16)6-7-17-18(20)9-12-21(3)19(17)10-13-22(21,4)23/h6,16-19,23H,5,7-14H2,1-4H3/t16-,17+,18-,19-,20-,21-,22-/m0/s1. The molecular formula is C22H36O2. The minimum atomic E-state index is -0.458. The summed E-state index contributed by atoms with van der Waals surface area (Å²) in [6.45, 7) is 10.00. The average molecular weight is 333 g/mol. The van der Waals surface area contributed by atoms with Gasteiger partial charge >= 0.3 is 0 Å². The van der Waals surface area contributed by atoms with E-state index in [0.29, 0.717) is 17.4 Å². The van der Waals surface area contributed by atoms with Crippen molar-refractivity contribution in [1.82, 2.24) is 0 Å². The van der Waals surface area contributed by atoms with Gasteiger partial charge in [0.05, 0.1) is 11.7 Å². The van der Waals surface area contributed by atoms with Crippen molar-refractivity contribution in [1.29, 1.82) is 0 Å². The molecule has 0 aliphatic heterocycles. The van der Waals surface area contributed by atoms with Crippen LogP contribution in [-0.4, -0.2) is 23.4 Å². The lowest BCUT2D eigenvalue weighted by Gasteiger charge is -2.58. The Kier molecular flexibility index (Phi) is 3.97. The molecule has 0 heterocycles. The molecule has 0 aromatic heterocycles. The number of ether oxygens (including phenoxy) is 1. The molecule has 0 bridgehead atoms. The number of allylic oxidation sites excluding steroid dienone is 1. The summed E-state index contributed by atoms with van der Waals surface area (Å²) in [4.78, 5) is 0. The maximum atomic E-state index is 11.0. The Bertz CT molecular complexity index is 536. The van der Waals surface area contributed by atoms with Crippen LogP contribution in [0.3, 0.4) is 0 Å². The van der Waals surface area contributed by atoms with Crippen molar-refractivity contribution in [3.8, 4) is 0 Å². The molecule has 4 aliphatic carbocycles. The lowest BCUT2D eigenvalue weighted by atomic mass is 9.47. The monoisotopic (exact) mass is 332 g/mol. The highest BCUT2D eigenvalue weighted by molar-refractivity contribution is 5.26. The Hall–Kier alpha value is -0.340. The molecule has 0 aromatic rings. The van der Waals surface area contributed by atoms with Crippen LogP contribution in [0, 0.1) is 28.6 Å². The minimum Gasteiger partial charge on any atom is -0.390 e. The van der Waals surface area contributed by atoms with Crippen LogP contribution in [0.2, 0.25) is 0 Å². The number of fused-ring (bicyclic) bond motifs is 5. The van der Waals surface area contributed by atoms with Gasteiger partial charge in [-0.1, -0.05) is 25.5 Å². The summed E-state index contributed by atoms with van der Waals surface area (Å²) >= 11 is 0. The van der Waals surface area contributed by atoms with E-state index in [1.165, 1.54) is 38.5 Å². The average Bonchev–Trinajstić information content (AvgIpc) is 2.78. The Balaban J connectivity index is 1.61. The van der Waals surface area contributed by atoms with Crippen LogP contribution in [0.25, 0.3) is 0 Å². The summed E-state index contributed by atoms with van der Waals surface area (Å²) in [5.41, 5.74) is 1.77. The van der Waals surface area contributed by atoms with Gasteiger partial charge in [0, 0.05) is 6.61 Å². The molecule has 1 N–H and O–H groups in total. The van der Waals surface area contributed by atoms with E-state index in [-0.39, 0.29) is 5.41 Å². The fraction of sp³-hybridized carbons (Fsp3) is 0.909. The molecule has 0 amide bonds. The SMILES string of the molecule is CCO[C@H]1CC[C@@]2(C)C(=CC[C@@H]3[C@@H]2CC[C@@]2(C)[C@H]3CC[C@]2(C)O)C1. The molecule has 4 rings (SSSR count). The normalized spacial score (nSPS) is 53.8. The first-order chi connectivity index (χ1) is 11.3. The van der Waals surface area contributed by atoms with Gasteiger partial charge in [0.25, 0.3) is 0 Å². The van der Waals surface area contributed by atoms with Crippen LogP contribution in [0.15, 0.2) is 11.6 Å². The third-order valence-electron chi connectivity index (χ3n) is 9.02. The molecule has 0 aromatic carbocycles. The van der Waals surface area contributed by atoms with Gasteiger partial charge in [-0.3, -0.25) is 0 Å². The van der Waals surface area contributed by atoms with Crippen LogP contribution >= 0.6 is 0 Å². The van der Waals surface area contributed by atoms with Crippen LogP contribution in [0.1, 0.15) is 79.1 Å². The Labute approximate surface area is 148 Å². The Morgan fingerprint density at radius 3 is 2.58 bits per heavy atom. The van der Waals surface area contributed by atoms with Crippen LogP contribution in [0.5, 0.6) is 0 Å². The van der Waals surface area contributed by atoms with Gasteiger partial charge in [-0.2, -0.15) is 0 Å². The number of hydrogen-bond acceptors (Lipinski definition) is 2. The van der Waals surface area contributed by atoms with Crippen molar-refractivity contribution in [3.63, 3.8) is 0 Å². The van der Waals surface area contributed by atoms with Crippen molar-refractivity contribution in [2.24, 2.45) is 28.6 Å². The van der Waals surface area contributed by atoms with Gasteiger partial charge in [0.2, 0.25) is 0 Å². The second kappa shape index (κ2) is 5.58. The molecule has 3 saturated carbocycles. The molecule has 3 fully saturated rings. The molecule has 0 spiro atoms. The van der Waals surface area contributed by atoms with Gasteiger partial charge in [0.15, 0.2) is 0 Å². The largest absolute Gasteiger partial charge is 0.390 e. The van der Waals surface area contributed by atoms with Crippen molar-refractivity contribution in [2.45, 2.75) is 90.8 Å². The molecule has 0 saturated heterocycles. The third kappa shape index (κ3) is 2.21. The lowest BCUT2D eigenvalue weighted by Crippen LogP contribution is -2.53. The predicted molar refractivity (Wildman–Crippen MR) is 97.7 cm³/mol. The Morgan fingerprint density at radius 1 is 1.08 bits per heavy atom. The summed E-state index contributed by atoms with van der Waals surface area (Å²) in [6, 6.07) is 0. The van der Waals surface area contributed by atoms with E-state index in [1.807, 2.05) is 0 Å². The van der Waals surface area contributed by atoms with Gasteiger partial charge in [-0.25, -0.2) is 0 Å². The van der Waals surface area contributed by atoms with E-state index < -0.39 is 5.60 Å². The first-order valence-electron chi connectivity index (χ1n) is 10.4. The van der Waals surface area contributed by atoms with Crippen LogP contribution in [0.4, 0.5) is 0 Å². The van der Waals surface area contributed by atoms with Crippen molar-refractivity contribution >= 4 is 0 Å². The van der Waals surface area contributed by atoms with Crippen molar-refractivity contribution in [3.05, 3.63) is 11.6 Å². The van der Waals surface area contributed by atoms with Crippen LogP contribution in [-0.2, 0) is 4.74 Å². The quantitative estimate of drug-likeness (QED) is 0.712. The maximum absolute atomic E-state index is 11.0. The van der Waals surface area contributed by atoms with E-state index in [1.54, 1.807) is 5.57 Å². The van der Waals surface area contributed by atoms with E-state index in [4.69, 9.17) is 4.74 Å². The van der Waals surface area contributed by atoms with E-state index in [0.717, 1.165) is 31.3 Å². The van der Waals surface area contributed by atoms with Crippen molar-refractivity contribution in [2.75, 3.05) is 6.61 Å². The second-order valence-corrected chi connectivity index (χ2v) is 9.85. The third-order valence-corrected chi connectivity index (χ3v) is 9.02. The maximum Gasteiger partial charge on any atom is 0.0675 e. The topological polar surface area (TPSA) is 29.5 Å². The Morgan fingerprint density at radius 2 is 1.83 bits per heavy atom. The summed E-state index contributed by atoms with van der Waals surface area (Å²) in [5.74, 6) is 2.33. The smallest absolute Gasteiger partial charge is 0.0675 e. The fourth-order valence-corrected chi connectivity index (χ4v) is 7.25. The van der Waals surface area contributed by atoms with Crippen LogP contribution < -0.4 is 0 Å². The molecule has 2 nitrogen and oxygen atoms in total. The summed E-state index contributed by atoms with van der Waals surface area (Å²) in [6.07, 6.45) is 12.7. The minimum absolute atomic E-state index is 0.137. The zero-order valence-electron chi connectivity index (χ0n) is 16.1. The highest BCUT2D eigenvalue weighted by Gasteiger charge is 2.62. The molecule has 0 unspecified atom stereocenters. The second-order valence-electron chi connectivity index (χ2n) is 9.85. The predicted octanol–water partition coefficient (Wildman–Crippen LogP) is 5.11. The first-order valence-corrected chi connectivity index (χ1v) is 10.4. The molecule has 24 heavy (non-hydrogen) atoms. The van der Waals surface area contributed by atoms with Gasteiger partial charge in [-0.15, -0.1) is 0 Å². The number of rotatable bonds is 2. The lowest BCUT2D eigenvalue weighted by molar-refractivity contribution is -0.116. The molecular weight excluding hydrogens is 296 g/mol. The zero-order chi connectivity index (χ0) is 17.2. The van der Waals surface area contributed by atoms with E-state index in [9.17, 15) is 5.11 Å². The first kappa shape index (κ1) is 17.1. The summed E-state index contributed by atoms with van der Waals surface area (Å²) in [5, 5.41) is 11.0. The summed E-state index contributed by atoms with van der Waals surface area (Å²) < 4.78 is 5.95. The number of aliphatic hydroxyl groups is 1. The molecule has 7 atom stereocenters. The highest BCUT2D eigenvalue weighted by atomic mass is 16.5. The molecule has 2 heteroatoms.